The molecule has 0 aliphatic rings. The van der Waals surface area contributed by atoms with Crippen molar-refractivity contribution in [3.05, 3.63) is 34.1 Å². The molecule has 0 spiro atoms. The van der Waals surface area contributed by atoms with E-state index >= 15 is 0 Å². The van der Waals surface area contributed by atoms with Crippen molar-refractivity contribution < 1.29 is 14.2 Å². The fourth-order valence-electron chi connectivity index (χ4n) is 1.67. The van der Waals surface area contributed by atoms with Gasteiger partial charge in [-0.1, -0.05) is 5.16 Å². The van der Waals surface area contributed by atoms with Crippen LogP contribution in [0.1, 0.15) is 5.82 Å². The quantitative estimate of drug-likeness (QED) is 0.629. The third-order valence-electron chi connectivity index (χ3n) is 2.69. The van der Waals surface area contributed by atoms with Gasteiger partial charge < -0.3 is 14.6 Å². The van der Waals surface area contributed by atoms with Crippen LogP contribution in [-0.4, -0.2) is 35.8 Å². The molecule has 106 valence electrons. The Labute approximate surface area is 114 Å². The number of ether oxygens (including phenoxy) is 1. The number of likely N-dealkylation sites (N-methyl/N-ethyl adjacent to an activating group) is 1. The zero-order valence-electron chi connectivity index (χ0n) is 11.1. The molecule has 0 saturated heterocycles. The topological polar surface area (TPSA) is 103 Å². The SMILES string of the molecule is CNCCc1noc(-c2ccc([N+](=O)[O-])c(OC)c2)n1. The summed E-state index contributed by atoms with van der Waals surface area (Å²) < 4.78 is 10.1. The maximum atomic E-state index is 10.8. The summed E-state index contributed by atoms with van der Waals surface area (Å²) in [4.78, 5) is 14.5. The second kappa shape index (κ2) is 6.11. The molecule has 1 heterocycles. The monoisotopic (exact) mass is 278 g/mol. The van der Waals surface area contributed by atoms with Gasteiger partial charge in [-0.15, -0.1) is 0 Å². The molecule has 20 heavy (non-hydrogen) atoms. The maximum Gasteiger partial charge on any atom is 0.310 e. The summed E-state index contributed by atoms with van der Waals surface area (Å²) in [6.07, 6.45) is 0.643. The normalized spacial score (nSPS) is 10.5. The summed E-state index contributed by atoms with van der Waals surface area (Å²) in [6.45, 7) is 0.739. The number of rotatable bonds is 6. The van der Waals surface area contributed by atoms with E-state index in [-0.39, 0.29) is 11.4 Å². The van der Waals surface area contributed by atoms with Crippen molar-refractivity contribution >= 4 is 5.69 Å². The van der Waals surface area contributed by atoms with Gasteiger partial charge in [0, 0.05) is 30.7 Å². The van der Waals surface area contributed by atoms with E-state index in [1.54, 1.807) is 6.07 Å². The van der Waals surface area contributed by atoms with Gasteiger partial charge in [-0.2, -0.15) is 4.98 Å². The van der Waals surface area contributed by atoms with E-state index in [2.05, 4.69) is 15.5 Å². The van der Waals surface area contributed by atoms with Gasteiger partial charge in [0.05, 0.1) is 12.0 Å². The van der Waals surface area contributed by atoms with E-state index < -0.39 is 4.92 Å². The Hall–Kier alpha value is -2.48. The number of nitro groups is 1. The lowest BCUT2D eigenvalue weighted by molar-refractivity contribution is -0.385. The molecule has 0 aliphatic carbocycles. The summed E-state index contributed by atoms with van der Waals surface area (Å²) in [5, 5.41) is 17.6. The lowest BCUT2D eigenvalue weighted by atomic mass is 10.2. The van der Waals surface area contributed by atoms with Gasteiger partial charge in [0.15, 0.2) is 11.6 Å². The molecule has 0 radical (unpaired) electrons. The average Bonchev–Trinajstić information content (AvgIpc) is 2.93. The number of methoxy groups -OCH3 is 1. The highest BCUT2D eigenvalue weighted by atomic mass is 16.6. The highest BCUT2D eigenvalue weighted by Gasteiger charge is 2.17. The summed E-state index contributed by atoms with van der Waals surface area (Å²) in [6, 6.07) is 4.41. The molecule has 1 aromatic carbocycles. The molecule has 2 aromatic rings. The first-order valence-electron chi connectivity index (χ1n) is 5.95. The lowest BCUT2D eigenvalue weighted by Gasteiger charge is -2.02. The highest BCUT2D eigenvalue weighted by molar-refractivity contribution is 5.61. The van der Waals surface area contributed by atoms with Crippen molar-refractivity contribution in [2.45, 2.75) is 6.42 Å². The molecule has 0 unspecified atom stereocenters. The average molecular weight is 278 g/mol. The van der Waals surface area contributed by atoms with E-state index in [0.717, 1.165) is 6.54 Å². The van der Waals surface area contributed by atoms with E-state index in [9.17, 15) is 10.1 Å². The first-order valence-corrected chi connectivity index (χ1v) is 5.95. The van der Waals surface area contributed by atoms with Crippen molar-refractivity contribution in [2.75, 3.05) is 20.7 Å². The maximum absolute atomic E-state index is 10.8. The van der Waals surface area contributed by atoms with Crippen LogP contribution in [0.2, 0.25) is 0 Å². The van der Waals surface area contributed by atoms with Crippen LogP contribution in [0.4, 0.5) is 5.69 Å². The first-order chi connectivity index (χ1) is 9.65. The number of aromatic nitrogens is 2. The number of hydrogen-bond donors (Lipinski definition) is 1. The summed E-state index contributed by atoms with van der Waals surface area (Å²) in [7, 11) is 3.21. The molecular weight excluding hydrogens is 264 g/mol. The van der Waals surface area contributed by atoms with Crippen LogP contribution in [0, 0.1) is 10.1 Å². The molecule has 0 aliphatic heterocycles. The fraction of sp³-hybridized carbons (Fsp3) is 0.333. The molecule has 0 saturated carbocycles. The van der Waals surface area contributed by atoms with Crippen LogP contribution in [0.3, 0.4) is 0 Å². The molecule has 1 aromatic heterocycles. The highest BCUT2D eigenvalue weighted by Crippen LogP contribution is 2.31. The van der Waals surface area contributed by atoms with Gasteiger partial charge in [0.2, 0.25) is 0 Å². The van der Waals surface area contributed by atoms with Crippen LogP contribution >= 0.6 is 0 Å². The Morgan fingerprint density at radius 1 is 1.50 bits per heavy atom. The van der Waals surface area contributed by atoms with Crippen molar-refractivity contribution in [3.8, 4) is 17.2 Å². The minimum absolute atomic E-state index is 0.105. The Morgan fingerprint density at radius 3 is 2.95 bits per heavy atom. The Kier molecular flexibility index (Phi) is 4.26. The third-order valence-corrected chi connectivity index (χ3v) is 2.69. The molecule has 0 bridgehead atoms. The van der Waals surface area contributed by atoms with Crippen LogP contribution < -0.4 is 10.1 Å². The smallest absolute Gasteiger partial charge is 0.310 e. The Bertz CT molecular complexity index is 611. The number of nitrogens with one attached hydrogen (secondary N) is 1. The predicted octanol–water partition coefficient (Wildman–Crippen LogP) is 1.42. The van der Waals surface area contributed by atoms with Gasteiger partial charge in [-0.25, -0.2) is 0 Å². The Balaban J connectivity index is 2.28. The zero-order valence-corrected chi connectivity index (χ0v) is 11.1. The number of benzene rings is 1. The number of hydrogen-bond acceptors (Lipinski definition) is 7. The van der Waals surface area contributed by atoms with Gasteiger partial charge in [-0.3, -0.25) is 10.1 Å². The lowest BCUT2D eigenvalue weighted by Crippen LogP contribution is -2.10. The molecule has 1 N–H and O–H groups in total. The summed E-state index contributed by atoms with van der Waals surface area (Å²) in [5.74, 6) is 1.04. The number of nitro benzene ring substituents is 1. The molecule has 2 rings (SSSR count). The minimum Gasteiger partial charge on any atom is -0.490 e. The number of nitrogens with zero attached hydrogens (tertiary/aromatic N) is 3. The largest absolute Gasteiger partial charge is 0.490 e. The molecule has 8 nitrogen and oxygen atoms in total. The van der Waals surface area contributed by atoms with E-state index in [1.807, 2.05) is 7.05 Å². The molecular formula is C12H14N4O4. The molecule has 0 fully saturated rings. The van der Waals surface area contributed by atoms with Crippen LogP contribution in [0.15, 0.2) is 22.7 Å². The fourth-order valence-corrected chi connectivity index (χ4v) is 1.67. The minimum atomic E-state index is -0.505. The zero-order chi connectivity index (χ0) is 14.5. The van der Waals surface area contributed by atoms with E-state index in [4.69, 9.17) is 9.26 Å². The molecule has 0 amide bonds. The Morgan fingerprint density at radius 2 is 2.30 bits per heavy atom. The van der Waals surface area contributed by atoms with Crippen LogP contribution in [0.25, 0.3) is 11.5 Å². The van der Waals surface area contributed by atoms with Crippen molar-refractivity contribution in [2.24, 2.45) is 0 Å². The predicted molar refractivity (Wildman–Crippen MR) is 70.6 cm³/mol. The van der Waals surface area contributed by atoms with E-state index in [0.29, 0.717) is 23.7 Å². The van der Waals surface area contributed by atoms with Crippen molar-refractivity contribution in [1.82, 2.24) is 15.5 Å². The van der Waals surface area contributed by atoms with Gasteiger partial charge in [-0.05, 0) is 13.1 Å². The summed E-state index contributed by atoms with van der Waals surface area (Å²) >= 11 is 0. The first kappa shape index (κ1) is 13.9. The second-order valence-electron chi connectivity index (χ2n) is 4.01. The van der Waals surface area contributed by atoms with Crippen LogP contribution in [-0.2, 0) is 6.42 Å². The molecule has 0 atom stereocenters. The van der Waals surface area contributed by atoms with E-state index in [1.165, 1.54) is 19.2 Å². The second-order valence-corrected chi connectivity index (χ2v) is 4.01. The van der Waals surface area contributed by atoms with Gasteiger partial charge in [0.25, 0.3) is 5.89 Å². The summed E-state index contributed by atoms with van der Waals surface area (Å²) in [5.41, 5.74) is 0.474. The van der Waals surface area contributed by atoms with Crippen molar-refractivity contribution in [1.29, 1.82) is 0 Å². The van der Waals surface area contributed by atoms with Crippen LogP contribution in [0.5, 0.6) is 5.75 Å². The third kappa shape index (κ3) is 2.91. The molecule has 8 heteroatoms. The standard InChI is InChI=1S/C12H14N4O4/c1-13-6-5-11-14-12(20-15-11)8-3-4-9(16(17)18)10(7-8)19-2/h3-4,7,13H,5-6H2,1-2H3. The van der Waals surface area contributed by atoms with Crippen molar-refractivity contribution in [3.63, 3.8) is 0 Å². The van der Waals surface area contributed by atoms with Gasteiger partial charge in [0.1, 0.15) is 0 Å². The van der Waals surface area contributed by atoms with Gasteiger partial charge >= 0.3 is 5.69 Å².